The molecule has 0 aliphatic carbocycles. The summed E-state index contributed by atoms with van der Waals surface area (Å²) in [6, 6.07) is 6.94. The molecule has 1 aromatic carbocycles. The molecule has 2 atom stereocenters. The normalized spacial score (nSPS) is 20.5. The molecular weight excluding hydrogens is 511 g/mol. The number of hydrogen-bond donors (Lipinski definition) is 1. The zero-order valence-corrected chi connectivity index (χ0v) is 20.6. The highest BCUT2D eigenvalue weighted by molar-refractivity contribution is 14.0. The fourth-order valence-electron chi connectivity index (χ4n) is 4.03. The van der Waals surface area contributed by atoms with Crippen LogP contribution in [0.2, 0.25) is 0 Å². The molecule has 1 N–H and O–H groups in total. The molecule has 2 amide bonds. The zero-order valence-electron chi connectivity index (χ0n) is 18.3. The summed E-state index contributed by atoms with van der Waals surface area (Å²) in [6.07, 6.45) is 1.45. The van der Waals surface area contributed by atoms with Crippen molar-refractivity contribution >= 4 is 47.7 Å². The summed E-state index contributed by atoms with van der Waals surface area (Å²) in [5, 5.41) is 3.29. The first-order valence-corrected chi connectivity index (χ1v) is 10.5. The number of guanidine groups is 1. The second kappa shape index (κ2) is 11.4. The van der Waals surface area contributed by atoms with Crippen LogP contribution in [0, 0.1) is 11.8 Å². The van der Waals surface area contributed by atoms with E-state index in [1.807, 2.05) is 13.8 Å². The average molecular weight is 542 g/mol. The van der Waals surface area contributed by atoms with E-state index in [4.69, 9.17) is 4.74 Å². The van der Waals surface area contributed by atoms with Crippen molar-refractivity contribution in [2.75, 3.05) is 39.8 Å². The van der Waals surface area contributed by atoms with Gasteiger partial charge in [-0.1, -0.05) is 19.1 Å². The van der Waals surface area contributed by atoms with Gasteiger partial charge in [0.25, 0.3) is 11.8 Å². The van der Waals surface area contributed by atoms with Gasteiger partial charge < -0.3 is 15.0 Å². The fraction of sp³-hybridized carbons (Fsp3) is 0.545. The highest BCUT2D eigenvalue weighted by Gasteiger charge is 2.37. The summed E-state index contributed by atoms with van der Waals surface area (Å²) in [5.74, 6) is 0.237. The smallest absolute Gasteiger partial charge is 0.310 e. The number of aliphatic imine (C=N–C) groups is 1. The summed E-state index contributed by atoms with van der Waals surface area (Å²) >= 11 is 0. The first-order chi connectivity index (χ1) is 14.5. The molecule has 0 saturated carbocycles. The quantitative estimate of drug-likeness (QED) is 0.142. The van der Waals surface area contributed by atoms with Gasteiger partial charge in [0.2, 0.25) is 0 Å². The number of nitrogens with zero attached hydrogens (tertiary/aromatic N) is 3. The molecule has 2 aliphatic rings. The molecule has 9 heteroatoms. The maximum Gasteiger partial charge on any atom is 0.310 e. The molecule has 0 bridgehead atoms. The highest BCUT2D eigenvalue weighted by Crippen LogP contribution is 2.24. The number of fused-ring (bicyclic) bond motifs is 1. The summed E-state index contributed by atoms with van der Waals surface area (Å²) in [7, 11) is 1.42. The molecule has 1 fully saturated rings. The molecule has 1 aromatic rings. The van der Waals surface area contributed by atoms with Crippen LogP contribution in [-0.4, -0.2) is 73.4 Å². The lowest BCUT2D eigenvalue weighted by Crippen LogP contribution is -2.40. The maximum atomic E-state index is 12.4. The van der Waals surface area contributed by atoms with E-state index in [2.05, 4.69) is 15.2 Å². The topological polar surface area (TPSA) is 91.3 Å². The number of benzene rings is 1. The number of unbranched alkanes of at least 4 members (excludes halogenated alkanes) is 1. The molecule has 2 heterocycles. The summed E-state index contributed by atoms with van der Waals surface area (Å²) in [5.41, 5.74) is 0.969. The van der Waals surface area contributed by atoms with Crippen LogP contribution in [0.3, 0.4) is 0 Å². The van der Waals surface area contributed by atoms with Crippen molar-refractivity contribution < 1.29 is 19.1 Å². The number of amides is 2. The molecule has 1 saturated heterocycles. The van der Waals surface area contributed by atoms with E-state index in [9.17, 15) is 14.4 Å². The van der Waals surface area contributed by atoms with Crippen LogP contribution in [0.1, 0.15) is 47.4 Å². The third-order valence-corrected chi connectivity index (χ3v) is 5.68. The molecular formula is C22H31IN4O4. The number of methoxy groups -OCH3 is 1. The van der Waals surface area contributed by atoms with E-state index in [0.29, 0.717) is 37.2 Å². The average Bonchev–Trinajstić information content (AvgIpc) is 3.25. The summed E-state index contributed by atoms with van der Waals surface area (Å²) in [6.45, 7) is 7.11. The van der Waals surface area contributed by atoms with Gasteiger partial charge >= 0.3 is 5.97 Å². The van der Waals surface area contributed by atoms with Crippen molar-refractivity contribution in [2.24, 2.45) is 16.8 Å². The van der Waals surface area contributed by atoms with E-state index in [0.717, 1.165) is 25.5 Å². The standard InChI is InChI=1S/C22H30N4O4.HI/c1-4-23-22(25-13-15(2)18(14-25)21(29)30-3)24-11-7-8-12-26-19(27)16-9-5-6-10-17(16)20(26)28;/h5-6,9-10,15,18H,4,7-8,11-14H2,1-3H3,(H,23,24);1H. The predicted molar refractivity (Wildman–Crippen MR) is 129 cm³/mol. The molecule has 3 rings (SSSR count). The van der Waals surface area contributed by atoms with Crippen molar-refractivity contribution in [3.8, 4) is 0 Å². The minimum absolute atomic E-state index is 0. The Balaban J connectivity index is 0.00000341. The van der Waals surface area contributed by atoms with Crippen LogP contribution >= 0.6 is 24.0 Å². The van der Waals surface area contributed by atoms with Gasteiger partial charge in [0.05, 0.1) is 24.2 Å². The second-order valence-electron chi connectivity index (χ2n) is 7.76. The maximum absolute atomic E-state index is 12.4. The third-order valence-electron chi connectivity index (χ3n) is 5.68. The second-order valence-corrected chi connectivity index (χ2v) is 7.76. The Morgan fingerprint density at radius 1 is 1.16 bits per heavy atom. The Hall–Kier alpha value is -2.17. The van der Waals surface area contributed by atoms with Crippen LogP contribution in [0.15, 0.2) is 29.3 Å². The van der Waals surface area contributed by atoms with Crippen LogP contribution in [-0.2, 0) is 9.53 Å². The number of nitrogens with one attached hydrogen (secondary N) is 1. The number of likely N-dealkylation sites (tertiary alicyclic amines) is 1. The van der Waals surface area contributed by atoms with E-state index in [1.54, 1.807) is 24.3 Å². The minimum atomic E-state index is -0.215. The van der Waals surface area contributed by atoms with Crippen molar-refractivity contribution in [3.63, 3.8) is 0 Å². The van der Waals surface area contributed by atoms with E-state index < -0.39 is 0 Å². The number of esters is 1. The molecule has 0 aromatic heterocycles. The molecule has 2 unspecified atom stereocenters. The number of imide groups is 1. The van der Waals surface area contributed by atoms with Gasteiger partial charge in [-0.15, -0.1) is 24.0 Å². The van der Waals surface area contributed by atoms with Gasteiger partial charge in [-0.25, -0.2) is 0 Å². The van der Waals surface area contributed by atoms with Crippen LogP contribution < -0.4 is 5.32 Å². The van der Waals surface area contributed by atoms with Gasteiger partial charge in [0, 0.05) is 32.7 Å². The van der Waals surface area contributed by atoms with Gasteiger partial charge in [0.1, 0.15) is 0 Å². The van der Waals surface area contributed by atoms with E-state index in [1.165, 1.54) is 12.0 Å². The lowest BCUT2D eigenvalue weighted by atomic mass is 9.99. The SMILES string of the molecule is CCNC(=NCCCCN1C(=O)c2ccccc2C1=O)N1CC(C)C(C(=O)OC)C1.I. The molecule has 2 aliphatic heterocycles. The van der Waals surface area contributed by atoms with Crippen molar-refractivity contribution in [1.82, 2.24) is 15.1 Å². The summed E-state index contributed by atoms with van der Waals surface area (Å²) < 4.78 is 4.91. The summed E-state index contributed by atoms with van der Waals surface area (Å²) in [4.78, 5) is 44.8. The Kier molecular flexibility index (Phi) is 9.27. The van der Waals surface area contributed by atoms with Gasteiger partial charge in [0.15, 0.2) is 5.96 Å². The molecule has 0 radical (unpaired) electrons. The van der Waals surface area contributed by atoms with Crippen LogP contribution in [0.25, 0.3) is 0 Å². The number of carbonyl (C=O) groups is 3. The lowest BCUT2D eigenvalue weighted by molar-refractivity contribution is -0.146. The Labute approximate surface area is 200 Å². The highest BCUT2D eigenvalue weighted by atomic mass is 127. The molecule has 8 nitrogen and oxygen atoms in total. The number of hydrogen-bond acceptors (Lipinski definition) is 5. The van der Waals surface area contributed by atoms with Gasteiger partial charge in [-0.05, 0) is 37.8 Å². The first-order valence-electron chi connectivity index (χ1n) is 10.5. The Morgan fingerprint density at radius 2 is 1.81 bits per heavy atom. The molecule has 170 valence electrons. The molecule has 31 heavy (non-hydrogen) atoms. The first kappa shape index (κ1) is 25.1. The minimum Gasteiger partial charge on any atom is -0.469 e. The number of ether oxygens (including phenoxy) is 1. The number of halogens is 1. The van der Waals surface area contributed by atoms with E-state index >= 15 is 0 Å². The van der Waals surface area contributed by atoms with Crippen LogP contribution in [0.4, 0.5) is 0 Å². The largest absolute Gasteiger partial charge is 0.469 e. The lowest BCUT2D eigenvalue weighted by Gasteiger charge is -2.21. The van der Waals surface area contributed by atoms with Crippen molar-refractivity contribution in [1.29, 1.82) is 0 Å². The van der Waals surface area contributed by atoms with Crippen molar-refractivity contribution in [3.05, 3.63) is 35.4 Å². The van der Waals surface area contributed by atoms with E-state index in [-0.39, 0.29) is 53.6 Å². The predicted octanol–water partition coefficient (Wildman–Crippen LogP) is 2.39. The number of rotatable bonds is 7. The van der Waals surface area contributed by atoms with Gasteiger partial charge in [-0.2, -0.15) is 0 Å². The van der Waals surface area contributed by atoms with Gasteiger partial charge in [-0.3, -0.25) is 24.3 Å². The van der Waals surface area contributed by atoms with Crippen molar-refractivity contribution in [2.45, 2.75) is 26.7 Å². The van der Waals surface area contributed by atoms with Crippen LogP contribution in [0.5, 0.6) is 0 Å². The zero-order chi connectivity index (χ0) is 21.7. The Bertz CT molecular complexity index is 810. The Morgan fingerprint density at radius 3 is 2.39 bits per heavy atom. The monoisotopic (exact) mass is 542 g/mol. The fourth-order valence-corrected chi connectivity index (χ4v) is 4.03. The third kappa shape index (κ3) is 5.55. The number of carbonyl (C=O) groups excluding carboxylic acids is 3. The molecule has 0 spiro atoms.